The minimum absolute atomic E-state index is 0.643. The predicted molar refractivity (Wildman–Crippen MR) is 84.0 cm³/mol. The molecule has 1 unspecified atom stereocenters. The van der Waals surface area contributed by atoms with Gasteiger partial charge in [0.05, 0.1) is 0 Å². The van der Waals surface area contributed by atoms with Crippen LogP contribution in [0.5, 0.6) is 0 Å². The van der Waals surface area contributed by atoms with Crippen molar-refractivity contribution < 1.29 is 0 Å². The third kappa shape index (κ3) is 3.61. The summed E-state index contributed by atoms with van der Waals surface area (Å²) in [5, 5.41) is 3.79. The maximum atomic E-state index is 3.79. The third-order valence-corrected chi connectivity index (χ3v) is 5.87. The molecule has 1 fully saturated rings. The van der Waals surface area contributed by atoms with E-state index in [-0.39, 0.29) is 0 Å². The molecule has 1 saturated carbocycles. The highest BCUT2D eigenvalue weighted by Crippen LogP contribution is 2.40. The van der Waals surface area contributed by atoms with E-state index in [1.54, 1.807) is 15.3 Å². The van der Waals surface area contributed by atoms with Gasteiger partial charge in [-0.1, -0.05) is 26.2 Å². The van der Waals surface area contributed by atoms with Crippen LogP contribution in [0.15, 0.2) is 6.07 Å². The lowest BCUT2D eigenvalue weighted by Crippen LogP contribution is -2.21. The lowest BCUT2D eigenvalue weighted by Gasteiger charge is -2.16. The van der Waals surface area contributed by atoms with E-state index in [4.69, 9.17) is 0 Å². The molecule has 0 amide bonds. The van der Waals surface area contributed by atoms with Crippen LogP contribution in [0.2, 0.25) is 0 Å². The van der Waals surface area contributed by atoms with Crippen LogP contribution < -0.4 is 5.32 Å². The summed E-state index contributed by atoms with van der Waals surface area (Å²) in [6.07, 6.45) is 12.5. The highest BCUT2D eigenvalue weighted by Gasteiger charge is 2.27. The fraction of sp³-hybridized carbons (Fsp3) is 0.765. The topological polar surface area (TPSA) is 12.0 Å². The Kier molecular flexibility index (Phi) is 4.60. The van der Waals surface area contributed by atoms with Gasteiger partial charge >= 0.3 is 0 Å². The molecule has 0 spiro atoms. The van der Waals surface area contributed by atoms with Crippen LogP contribution in [0.25, 0.3) is 0 Å². The molecule has 2 aliphatic carbocycles. The summed E-state index contributed by atoms with van der Waals surface area (Å²) < 4.78 is 0. The highest BCUT2D eigenvalue weighted by atomic mass is 32.1. The van der Waals surface area contributed by atoms with Gasteiger partial charge in [0.2, 0.25) is 0 Å². The Bertz CT molecular complexity index is 382. The third-order valence-electron chi connectivity index (χ3n) is 4.52. The Morgan fingerprint density at radius 3 is 2.89 bits per heavy atom. The van der Waals surface area contributed by atoms with Crippen molar-refractivity contribution in [3.05, 3.63) is 21.4 Å². The number of nitrogens with one attached hydrogen (secondary N) is 1. The normalized spacial score (nSPS) is 20.9. The molecule has 2 aliphatic rings. The van der Waals surface area contributed by atoms with Crippen molar-refractivity contribution in [2.45, 2.75) is 70.8 Å². The van der Waals surface area contributed by atoms with Crippen LogP contribution in [-0.4, -0.2) is 6.54 Å². The second-order valence-corrected chi connectivity index (χ2v) is 7.51. The summed E-state index contributed by atoms with van der Waals surface area (Å²) >= 11 is 2.11. The largest absolute Gasteiger partial charge is 0.309 e. The Morgan fingerprint density at radius 1 is 1.26 bits per heavy atom. The van der Waals surface area contributed by atoms with Gasteiger partial charge in [-0.05, 0) is 62.6 Å². The first-order valence-electron chi connectivity index (χ1n) is 8.21. The van der Waals surface area contributed by atoms with Crippen LogP contribution in [0.3, 0.4) is 0 Å². The molecule has 1 atom stereocenters. The van der Waals surface area contributed by atoms with Gasteiger partial charge in [0.15, 0.2) is 0 Å². The minimum atomic E-state index is 0.643. The average Bonchev–Trinajstić information content (AvgIpc) is 3.19. The summed E-state index contributed by atoms with van der Waals surface area (Å²) in [6, 6.07) is 3.19. The molecule has 0 aromatic carbocycles. The minimum Gasteiger partial charge on any atom is -0.309 e. The summed E-state index contributed by atoms with van der Waals surface area (Å²) in [4.78, 5) is 3.33. The maximum absolute atomic E-state index is 3.79. The van der Waals surface area contributed by atoms with Crippen molar-refractivity contribution in [1.29, 1.82) is 0 Å². The molecule has 0 aliphatic heterocycles. The van der Waals surface area contributed by atoms with Crippen LogP contribution in [0, 0.1) is 5.92 Å². The Labute approximate surface area is 121 Å². The summed E-state index contributed by atoms with van der Waals surface area (Å²) in [7, 11) is 0. The van der Waals surface area contributed by atoms with E-state index in [1.807, 2.05) is 0 Å². The number of hydrogen-bond donors (Lipinski definition) is 1. The molecular formula is C17H27NS. The zero-order chi connectivity index (χ0) is 13.1. The molecule has 19 heavy (non-hydrogen) atoms. The van der Waals surface area contributed by atoms with Crippen LogP contribution in [0.4, 0.5) is 0 Å². The van der Waals surface area contributed by atoms with E-state index in [0.717, 1.165) is 5.92 Å². The Hall–Kier alpha value is -0.340. The van der Waals surface area contributed by atoms with Gasteiger partial charge in [0.25, 0.3) is 0 Å². The van der Waals surface area contributed by atoms with E-state index in [2.05, 4.69) is 29.6 Å². The van der Waals surface area contributed by atoms with Gasteiger partial charge in [-0.25, -0.2) is 0 Å². The van der Waals surface area contributed by atoms with Gasteiger partial charge in [-0.15, -0.1) is 11.3 Å². The quantitative estimate of drug-likeness (QED) is 0.732. The summed E-state index contributed by atoms with van der Waals surface area (Å²) in [5.74, 6) is 1.01. The van der Waals surface area contributed by atoms with Crippen LogP contribution in [-0.2, 0) is 12.8 Å². The van der Waals surface area contributed by atoms with E-state index in [9.17, 15) is 0 Å². The molecule has 3 rings (SSSR count). The number of thiophene rings is 1. The van der Waals surface area contributed by atoms with Crippen molar-refractivity contribution in [2.24, 2.45) is 5.92 Å². The molecule has 1 aromatic rings. The number of rotatable bonds is 6. The first-order valence-corrected chi connectivity index (χ1v) is 9.03. The Balaban J connectivity index is 1.72. The van der Waals surface area contributed by atoms with Gasteiger partial charge < -0.3 is 5.32 Å². The molecule has 2 heteroatoms. The van der Waals surface area contributed by atoms with Gasteiger partial charge in [-0.2, -0.15) is 0 Å². The van der Waals surface area contributed by atoms with Crippen molar-refractivity contribution in [3.63, 3.8) is 0 Å². The highest BCUT2D eigenvalue weighted by molar-refractivity contribution is 7.12. The maximum Gasteiger partial charge on any atom is 0.0417 e. The lowest BCUT2D eigenvalue weighted by atomic mass is 10.1. The SMILES string of the molecule is CCCNC(CC1CC1)c1cc2c(s1)CCCCC2. The van der Waals surface area contributed by atoms with E-state index >= 15 is 0 Å². The van der Waals surface area contributed by atoms with Gasteiger partial charge in [0.1, 0.15) is 0 Å². The second-order valence-electron chi connectivity index (χ2n) is 6.34. The molecule has 0 bridgehead atoms. The number of hydrogen-bond acceptors (Lipinski definition) is 2. The molecule has 1 nitrogen and oxygen atoms in total. The van der Waals surface area contributed by atoms with Crippen LogP contribution >= 0.6 is 11.3 Å². The number of fused-ring (bicyclic) bond motifs is 1. The zero-order valence-corrected chi connectivity index (χ0v) is 13.0. The first-order chi connectivity index (χ1) is 9.36. The molecule has 106 valence electrons. The number of aryl methyl sites for hydroxylation is 2. The fourth-order valence-corrected chi connectivity index (χ4v) is 4.51. The average molecular weight is 277 g/mol. The van der Waals surface area contributed by atoms with Gasteiger partial charge in [-0.3, -0.25) is 0 Å². The molecule has 1 N–H and O–H groups in total. The van der Waals surface area contributed by atoms with Crippen molar-refractivity contribution in [2.75, 3.05) is 6.54 Å². The molecule has 0 radical (unpaired) electrons. The lowest BCUT2D eigenvalue weighted by molar-refractivity contribution is 0.480. The van der Waals surface area contributed by atoms with Crippen molar-refractivity contribution >= 4 is 11.3 Å². The molecule has 1 heterocycles. The monoisotopic (exact) mass is 277 g/mol. The summed E-state index contributed by atoms with van der Waals surface area (Å²) in [6.45, 7) is 3.44. The van der Waals surface area contributed by atoms with E-state index in [1.165, 1.54) is 64.3 Å². The predicted octanol–water partition coefficient (Wildman–Crippen LogP) is 4.86. The molecular weight excluding hydrogens is 250 g/mol. The van der Waals surface area contributed by atoms with Crippen LogP contribution in [0.1, 0.15) is 73.2 Å². The zero-order valence-electron chi connectivity index (χ0n) is 12.2. The Morgan fingerprint density at radius 2 is 2.11 bits per heavy atom. The van der Waals surface area contributed by atoms with Gasteiger partial charge in [0, 0.05) is 15.8 Å². The van der Waals surface area contributed by atoms with Crippen molar-refractivity contribution in [3.8, 4) is 0 Å². The summed E-state index contributed by atoms with van der Waals surface area (Å²) in [5.41, 5.74) is 1.68. The fourth-order valence-electron chi connectivity index (χ4n) is 3.17. The first kappa shape index (κ1) is 13.6. The molecule has 1 aromatic heterocycles. The van der Waals surface area contributed by atoms with E-state index in [0.29, 0.717) is 6.04 Å². The molecule has 0 saturated heterocycles. The van der Waals surface area contributed by atoms with Crippen molar-refractivity contribution in [1.82, 2.24) is 5.32 Å². The second kappa shape index (κ2) is 6.41. The smallest absolute Gasteiger partial charge is 0.0417 e. The van der Waals surface area contributed by atoms with E-state index < -0.39 is 0 Å². The standard InChI is InChI=1S/C17H27NS/c1-2-10-18-15(11-13-8-9-13)17-12-14-6-4-3-5-7-16(14)19-17/h12-13,15,18H,2-11H2,1H3.